The topological polar surface area (TPSA) is 44.1 Å². The lowest BCUT2D eigenvalue weighted by Crippen LogP contribution is -2.05. The number of rotatable bonds is 3. The zero-order valence-electron chi connectivity index (χ0n) is 10.3. The molecule has 0 bridgehead atoms. The van der Waals surface area contributed by atoms with Crippen LogP contribution in [0.15, 0.2) is 24.5 Å². The van der Waals surface area contributed by atoms with Crippen molar-refractivity contribution in [3.63, 3.8) is 0 Å². The Morgan fingerprint density at radius 2 is 2.24 bits per heavy atom. The molecule has 90 valence electrons. The van der Waals surface area contributed by atoms with Gasteiger partial charge in [0.05, 0.1) is 12.7 Å². The minimum Gasteiger partial charge on any atom is -0.465 e. The van der Waals surface area contributed by atoms with Gasteiger partial charge in [0.15, 0.2) is 0 Å². The Morgan fingerprint density at radius 1 is 1.47 bits per heavy atom. The number of carbonyl (C=O) groups excluding carboxylic acids is 1. The molecular formula is C13H16N2O2. The number of aromatic nitrogens is 2. The van der Waals surface area contributed by atoms with Gasteiger partial charge < -0.3 is 9.30 Å². The van der Waals surface area contributed by atoms with E-state index >= 15 is 0 Å². The summed E-state index contributed by atoms with van der Waals surface area (Å²) in [6, 6.07) is 3.60. The van der Waals surface area contributed by atoms with Gasteiger partial charge in [0.2, 0.25) is 0 Å². The molecule has 0 N–H and O–H groups in total. The molecule has 0 saturated carbocycles. The zero-order valence-corrected chi connectivity index (χ0v) is 10.3. The van der Waals surface area contributed by atoms with Crippen LogP contribution in [0.1, 0.15) is 24.2 Å². The van der Waals surface area contributed by atoms with Gasteiger partial charge in [-0.25, -0.2) is 9.78 Å². The largest absolute Gasteiger partial charge is 0.465 e. The second-order valence-electron chi connectivity index (χ2n) is 4.45. The highest BCUT2D eigenvalue weighted by molar-refractivity contribution is 6.02. The maximum absolute atomic E-state index is 11.6. The number of methoxy groups -OCH3 is 1. The van der Waals surface area contributed by atoms with E-state index < -0.39 is 0 Å². The van der Waals surface area contributed by atoms with E-state index in [4.69, 9.17) is 4.74 Å². The standard InChI is InChI=1S/C13H16N2O2/c1-9(2)8-15-7-5-10-11(13(16)17-3)4-6-14-12(10)15/h4-7,9H,8H2,1-3H3. The van der Waals surface area contributed by atoms with Crippen molar-refractivity contribution in [2.24, 2.45) is 5.92 Å². The fourth-order valence-corrected chi connectivity index (χ4v) is 1.92. The summed E-state index contributed by atoms with van der Waals surface area (Å²) in [6.07, 6.45) is 3.61. The Bertz CT molecular complexity index is 543. The maximum atomic E-state index is 11.6. The molecule has 2 aromatic heterocycles. The van der Waals surface area contributed by atoms with Gasteiger partial charge in [-0.2, -0.15) is 0 Å². The predicted octanol–water partition coefficient (Wildman–Crippen LogP) is 2.48. The lowest BCUT2D eigenvalue weighted by molar-refractivity contribution is 0.0603. The van der Waals surface area contributed by atoms with E-state index in [1.165, 1.54) is 7.11 Å². The smallest absolute Gasteiger partial charge is 0.338 e. The average molecular weight is 232 g/mol. The van der Waals surface area contributed by atoms with Crippen LogP contribution in [0.25, 0.3) is 11.0 Å². The van der Waals surface area contributed by atoms with E-state index in [1.54, 1.807) is 12.3 Å². The van der Waals surface area contributed by atoms with Gasteiger partial charge in [0, 0.05) is 24.3 Å². The minimum absolute atomic E-state index is 0.320. The van der Waals surface area contributed by atoms with Crippen LogP contribution in [0.2, 0.25) is 0 Å². The molecular weight excluding hydrogens is 216 g/mol. The summed E-state index contributed by atoms with van der Waals surface area (Å²) in [4.78, 5) is 15.9. The molecule has 0 aliphatic rings. The molecule has 0 atom stereocenters. The maximum Gasteiger partial charge on any atom is 0.338 e. The number of pyridine rings is 1. The summed E-state index contributed by atoms with van der Waals surface area (Å²) >= 11 is 0. The fourth-order valence-electron chi connectivity index (χ4n) is 1.92. The van der Waals surface area contributed by atoms with E-state index in [0.717, 1.165) is 17.6 Å². The van der Waals surface area contributed by atoms with E-state index in [9.17, 15) is 4.79 Å². The Hall–Kier alpha value is -1.84. The molecule has 0 unspecified atom stereocenters. The van der Waals surface area contributed by atoms with Crippen LogP contribution in [0.5, 0.6) is 0 Å². The lowest BCUT2D eigenvalue weighted by Gasteiger charge is -2.07. The summed E-state index contributed by atoms with van der Waals surface area (Å²) in [5.74, 6) is 0.217. The van der Waals surface area contributed by atoms with Gasteiger partial charge in [-0.05, 0) is 18.1 Å². The molecule has 0 radical (unpaired) electrons. The molecule has 2 heterocycles. The second-order valence-corrected chi connectivity index (χ2v) is 4.45. The molecule has 0 spiro atoms. The molecule has 0 amide bonds. The number of nitrogens with zero attached hydrogens (tertiary/aromatic N) is 2. The van der Waals surface area contributed by atoms with E-state index in [0.29, 0.717) is 11.5 Å². The Balaban J connectivity index is 2.52. The van der Waals surface area contributed by atoms with Gasteiger partial charge in [0.25, 0.3) is 0 Å². The minimum atomic E-state index is -0.320. The number of hydrogen-bond acceptors (Lipinski definition) is 3. The van der Waals surface area contributed by atoms with Crippen LogP contribution < -0.4 is 0 Å². The van der Waals surface area contributed by atoms with Crippen LogP contribution in [0.3, 0.4) is 0 Å². The first-order valence-electron chi connectivity index (χ1n) is 5.65. The molecule has 2 aromatic rings. The second kappa shape index (κ2) is 4.57. The summed E-state index contributed by atoms with van der Waals surface area (Å²) in [6.45, 7) is 5.19. The van der Waals surface area contributed by atoms with E-state index in [2.05, 4.69) is 23.4 Å². The van der Waals surface area contributed by atoms with Crippen molar-refractivity contribution in [1.29, 1.82) is 0 Å². The van der Waals surface area contributed by atoms with Crippen LogP contribution in [-0.4, -0.2) is 22.6 Å². The molecule has 0 aliphatic heterocycles. The van der Waals surface area contributed by atoms with Crippen molar-refractivity contribution >= 4 is 17.0 Å². The Labute approximate surface area is 100 Å². The van der Waals surface area contributed by atoms with Crippen molar-refractivity contribution in [3.8, 4) is 0 Å². The van der Waals surface area contributed by atoms with E-state index in [-0.39, 0.29) is 5.97 Å². The summed E-state index contributed by atoms with van der Waals surface area (Å²) < 4.78 is 6.82. The molecule has 17 heavy (non-hydrogen) atoms. The van der Waals surface area contributed by atoms with Gasteiger partial charge in [-0.3, -0.25) is 0 Å². The molecule has 2 rings (SSSR count). The Kier molecular flexibility index (Phi) is 3.13. The molecule has 0 fully saturated rings. The van der Waals surface area contributed by atoms with Gasteiger partial charge >= 0.3 is 5.97 Å². The van der Waals surface area contributed by atoms with Crippen molar-refractivity contribution in [1.82, 2.24) is 9.55 Å². The van der Waals surface area contributed by atoms with Crippen LogP contribution in [0, 0.1) is 5.92 Å². The third-order valence-electron chi connectivity index (χ3n) is 2.63. The van der Waals surface area contributed by atoms with Gasteiger partial charge in [-0.15, -0.1) is 0 Å². The van der Waals surface area contributed by atoms with Gasteiger partial charge in [0.1, 0.15) is 5.65 Å². The first-order chi connectivity index (χ1) is 8.13. The molecule has 0 aromatic carbocycles. The van der Waals surface area contributed by atoms with Crippen molar-refractivity contribution in [2.75, 3.05) is 7.11 Å². The quantitative estimate of drug-likeness (QED) is 0.764. The lowest BCUT2D eigenvalue weighted by atomic mass is 10.2. The van der Waals surface area contributed by atoms with E-state index in [1.807, 2.05) is 12.3 Å². The molecule has 4 heteroatoms. The number of carbonyl (C=O) groups is 1. The monoisotopic (exact) mass is 232 g/mol. The number of esters is 1. The normalized spacial score (nSPS) is 11.1. The first kappa shape index (κ1) is 11.6. The number of fused-ring (bicyclic) bond motifs is 1. The van der Waals surface area contributed by atoms with Crippen LogP contribution in [0.4, 0.5) is 0 Å². The number of ether oxygens (including phenoxy) is 1. The summed E-state index contributed by atoms with van der Waals surface area (Å²) in [7, 11) is 1.39. The van der Waals surface area contributed by atoms with Gasteiger partial charge in [-0.1, -0.05) is 13.8 Å². The first-order valence-corrected chi connectivity index (χ1v) is 5.65. The number of hydrogen-bond donors (Lipinski definition) is 0. The van der Waals surface area contributed by atoms with Crippen LogP contribution in [-0.2, 0) is 11.3 Å². The Morgan fingerprint density at radius 3 is 2.88 bits per heavy atom. The van der Waals surface area contributed by atoms with Crippen LogP contribution >= 0.6 is 0 Å². The predicted molar refractivity (Wildman–Crippen MR) is 65.9 cm³/mol. The van der Waals surface area contributed by atoms with Crippen molar-refractivity contribution in [2.45, 2.75) is 20.4 Å². The van der Waals surface area contributed by atoms with Crippen molar-refractivity contribution < 1.29 is 9.53 Å². The summed E-state index contributed by atoms with van der Waals surface area (Å²) in [5, 5.41) is 0.847. The highest BCUT2D eigenvalue weighted by atomic mass is 16.5. The molecule has 0 aliphatic carbocycles. The molecule has 0 saturated heterocycles. The fraction of sp³-hybridized carbons (Fsp3) is 0.385. The SMILES string of the molecule is COC(=O)c1ccnc2c1ccn2CC(C)C. The third kappa shape index (κ3) is 2.16. The third-order valence-corrected chi connectivity index (χ3v) is 2.63. The zero-order chi connectivity index (χ0) is 12.4. The highest BCUT2D eigenvalue weighted by Gasteiger charge is 2.13. The highest BCUT2D eigenvalue weighted by Crippen LogP contribution is 2.19. The van der Waals surface area contributed by atoms with Crippen molar-refractivity contribution in [3.05, 3.63) is 30.1 Å². The summed E-state index contributed by atoms with van der Waals surface area (Å²) in [5.41, 5.74) is 1.40. The average Bonchev–Trinajstić information content (AvgIpc) is 2.71. The molecule has 4 nitrogen and oxygen atoms in total.